The van der Waals surface area contributed by atoms with Gasteiger partial charge in [-0.3, -0.25) is 9.69 Å². The van der Waals surface area contributed by atoms with Gasteiger partial charge < -0.3 is 10.2 Å². The molecule has 3 aromatic rings. The molecule has 0 aliphatic carbocycles. The van der Waals surface area contributed by atoms with Gasteiger partial charge in [0, 0.05) is 38.4 Å². The summed E-state index contributed by atoms with van der Waals surface area (Å²) in [4.78, 5) is 18.1. The molecule has 5 rings (SSSR count). The van der Waals surface area contributed by atoms with Gasteiger partial charge in [0.25, 0.3) is 0 Å². The molecule has 170 valence electrons. The first kappa shape index (κ1) is 21.6. The molecule has 0 aromatic heterocycles. The number of para-hydroxylation sites is 1. The van der Waals surface area contributed by atoms with Crippen LogP contribution in [0.3, 0.4) is 0 Å². The molecule has 1 saturated heterocycles. The first-order valence-corrected chi connectivity index (χ1v) is 11.4. The lowest BCUT2D eigenvalue weighted by Crippen LogP contribution is -2.60. The van der Waals surface area contributed by atoms with E-state index in [9.17, 15) is 13.6 Å². The summed E-state index contributed by atoms with van der Waals surface area (Å²) in [5.41, 5.74) is 4.35. The number of piperazine rings is 1. The highest BCUT2D eigenvalue weighted by molar-refractivity contribution is 5.82. The van der Waals surface area contributed by atoms with Crippen LogP contribution in [0.5, 0.6) is 0 Å². The molecule has 2 atom stereocenters. The Morgan fingerprint density at radius 2 is 1.55 bits per heavy atom. The Labute approximate surface area is 192 Å². The first-order chi connectivity index (χ1) is 16.1. The molecule has 6 heteroatoms. The molecular weight excluding hydrogens is 420 g/mol. The molecule has 0 radical (unpaired) electrons. The number of hydrogen-bond acceptors (Lipinski definition) is 3. The number of fused-ring (bicyclic) bond motifs is 3. The molecule has 2 aliphatic heterocycles. The van der Waals surface area contributed by atoms with E-state index >= 15 is 0 Å². The van der Waals surface area contributed by atoms with Crippen LogP contribution in [-0.2, 0) is 24.3 Å². The number of hydrogen-bond donors (Lipinski definition) is 1. The minimum absolute atomic E-state index is 0.0208. The standard InChI is InChI=1S/C27H27F2N3O/c28-22-9-5-19(6-10-22)16-30-27(33)24-15-21-3-1-2-4-25(21)32-14-13-31(18-26(24)32)17-20-7-11-23(29)12-8-20/h1-12,24,26H,13-18H2,(H,30,33)/t24-,26+/m0/s1. The van der Waals surface area contributed by atoms with Gasteiger partial charge in [-0.25, -0.2) is 8.78 Å². The maximum atomic E-state index is 13.3. The predicted octanol–water partition coefficient (Wildman–Crippen LogP) is 4.14. The van der Waals surface area contributed by atoms with Crippen LogP contribution in [0.25, 0.3) is 0 Å². The topological polar surface area (TPSA) is 35.6 Å². The zero-order valence-electron chi connectivity index (χ0n) is 18.4. The maximum Gasteiger partial charge on any atom is 0.225 e. The molecule has 1 amide bonds. The number of carbonyl (C=O) groups excluding carboxylic acids is 1. The summed E-state index contributed by atoms with van der Waals surface area (Å²) in [5.74, 6) is -0.678. The van der Waals surface area contributed by atoms with Crippen LogP contribution in [0.1, 0.15) is 16.7 Å². The third kappa shape index (κ3) is 4.76. The molecule has 0 saturated carbocycles. The number of nitrogens with zero attached hydrogens (tertiary/aromatic N) is 2. The van der Waals surface area contributed by atoms with E-state index in [-0.39, 0.29) is 29.5 Å². The number of nitrogens with one attached hydrogen (secondary N) is 1. The molecule has 1 fully saturated rings. The smallest absolute Gasteiger partial charge is 0.225 e. The van der Waals surface area contributed by atoms with Gasteiger partial charge >= 0.3 is 0 Å². The van der Waals surface area contributed by atoms with Gasteiger partial charge in [0.05, 0.1) is 12.0 Å². The first-order valence-electron chi connectivity index (χ1n) is 11.4. The number of rotatable bonds is 5. The van der Waals surface area contributed by atoms with Crippen LogP contribution in [0, 0.1) is 17.6 Å². The van der Waals surface area contributed by atoms with E-state index in [4.69, 9.17) is 0 Å². The number of benzene rings is 3. The Morgan fingerprint density at radius 3 is 2.27 bits per heavy atom. The SMILES string of the molecule is O=C(NCc1ccc(F)cc1)[C@H]1Cc2ccccc2N2CCN(Cc3ccc(F)cc3)C[C@H]12. The van der Waals surface area contributed by atoms with Crippen molar-refractivity contribution in [2.75, 3.05) is 24.5 Å². The third-order valence-electron chi connectivity index (χ3n) is 6.74. The van der Waals surface area contributed by atoms with Gasteiger partial charge in [-0.15, -0.1) is 0 Å². The average molecular weight is 448 g/mol. The van der Waals surface area contributed by atoms with Crippen LogP contribution in [0.2, 0.25) is 0 Å². The van der Waals surface area contributed by atoms with Gasteiger partial charge in [0.1, 0.15) is 11.6 Å². The highest BCUT2D eigenvalue weighted by atomic mass is 19.1. The average Bonchev–Trinajstić information content (AvgIpc) is 2.84. The minimum Gasteiger partial charge on any atom is -0.365 e. The summed E-state index contributed by atoms with van der Waals surface area (Å²) in [7, 11) is 0. The van der Waals surface area contributed by atoms with Gasteiger partial charge in [-0.1, -0.05) is 42.5 Å². The zero-order chi connectivity index (χ0) is 22.8. The largest absolute Gasteiger partial charge is 0.365 e. The van der Waals surface area contributed by atoms with E-state index in [1.807, 2.05) is 18.2 Å². The summed E-state index contributed by atoms with van der Waals surface area (Å²) in [6.45, 7) is 3.59. The van der Waals surface area contributed by atoms with Gasteiger partial charge in [-0.05, 0) is 53.4 Å². The van der Waals surface area contributed by atoms with Crippen molar-refractivity contribution in [2.24, 2.45) is 5.92 Å². The summed E-state index contributed by atoms with van der Waals surface area (Å²) >= 11 is 0. The fraction of sp³-hybridized carbons (Fsp3) is 0.296. The second-order valence-corrected chi connectivity index (χ2v) is 8.91. The fourth-order valence-electron chi connectivity index (χ4n) is 5.03. The van der Waals surface area contributed by atoms with Gasteiger partial charge in [-0.2, -0.15) is 0 Å². The molecule has 33 heavy (non-hydrogen) atoms. The van der Waals surface area contributed by atoms with Crippen molar-refractivity contribution in [3.05, 3.63) is 101 Å². The lowest BCUT2D eigenvalue weighted by Gasteiger charge is -2.49. The van der Waals surface area contributed by atoms with Crippen molar-refractivity contribution < 1.29 is 13.6 Å². The van der Waals surface area contributed by atoms with Crippen LogP contribution in [0.4, 0.5) is 14.5 Å². The van der Waals surface area contributed by atoms with E-state index in [0.29, 0.717) is 13.0 Å². The molecule has 3 aromatic carbocycles. The van der Waals surface area contributed by atoms with Crippen molar-refractivity contribution in [1.82, 2.24) is 10.2 Å². The summed E-state index contributed by atoms with van der Waals surface area (Å²) < 4.78 is 26.5. The molecule has 4 nitrogen and oxygen atoms in total. The molecular formula is C27H27F2N3O. The Kier molecular flexibility index (Phi) is 6.09. The van der Waals surface area contributed by atoms with Crippen molar-refractivity contribution in [3.63, 3.8) is 0 Å². The molecule has 0 bridgehead atoms. The van der Waals surface area contributed by atoms with Crippen molar-refractivity contribution in [2.45, 2.75) is 25.6 Å². The fourth-order valence-corrected chi connectivity index (χ4v) is 5.03. The van der Waals surface area contributed by atoms with Crippen LogP contribution in [-0.4, -0.2) is 36.5 Å². The number of amides is 1. The second kappa shape index (κ2) is 9.32. The van der Waals surface area contributed by atoms with Crippen LogP contribution < -0.4 is 10.2 Å². The molecule has 0 unspecified atom stereocenters. The van der Waals surface area contributed by atoms with Crippen molar-refractivity contribution in [1.29, 1.82) is 0 Å². The normalized spacial score (nSPS) is 20.1. The summed E-state index contributed by atoms with van der Waals surface area (Å²) in [5, 5.41) is 3.07. The summed E-state index contributed by atoms with van der Waals surface area (Å²) in [6, 6.07) is 21.2. The van der Waals surface area contributed by atoms with Gasteiger partial charge in [0.15, 0.2) is 0 Å². The van der Waals surface area contributed by atoms with E-state index in [1.165, 1.54) is 35.5 Å². The summed E-state index contributed by atoms with van der Waals surface area (Å²) in [6.07, 6.45) is 0.691. The maximum absolute atomic E-state index is 13.3. The van der Waals surface area contributed by atoms with Crippen LogP contribution in [0.15, 0.2) is 72.8 Å². The molecule has 2 aliphatic rings. The lowest BCUT2D eigenvalue weighted by atomic mass is 9.83. The van der Waals surface area contributed by atoms with Crippen molar-refractivity contribution in [3.8, 4) is 0 Å². The van der Waals surface area contributed by atoms with E-state index in [1.54, 1.807) is 12.1 Å². The zero-order valence-corrected chi connectivity index (χ0v) is 18.4. The quantitative estimate of drug-likeness (QED) is 0.639. The minimum atomic E-state index is -0.284. The van der Waals surface area contributed by atoms with Crippen molar-refractivity contribution >= 4 is 11.6 Å². The Hall–Kier alpha value is -3.25. The second-order valence-electron chi connectivity index (χ2n) is 8.91. The molecule has 1 N–H and O–H groups in total. The van der Waals surface area contributed by atoms with E-state index in [2.05, 4.69) is 33.3 Å². The Bertz CT molecular complexity index is 1120. The Balaban J connectivity index is 1.33. The number of carbonyl (C=O) groups is 1. The Morgan fingerprint density at radius 1 is 0.879 bits per heavy atom. The highest BCUT2D eigenvalue weighted by Gasteiger charge is 2.41. The predicted molar refractivity (Wildman–Crippen MR) is 125 cm³/mol. The van der Waals surface area contributed by atoms with E-state index in [0.717, 1.165) is 37.3 Å². The molecule has 0 spiro atoms. The van der Waals surface area contributed by atoms with Gasteiger partial charge in [0.2, 0.25) is 5.91 Å². The molecule has 2 heterocycles. The van der Waals surface area contributed by atoms with E-state index < -0.39 is 0 Å². The number of anilines is 1. The monoisotopic (exact) mass is 447 g/mol. The lowest BCUT2D eigenvalue weighted by molar-refractivity contribution is -0.126. The number of halogens is 2. The van der Waals surface area contributed by atoms with Crippen LogP contribution >= 0.6 is 0 Å². The third-order valence-corrected chi connectivity index (χ3v) is 6.74. The highest BCUT2D eigenvalue weighted by Crippen LogP contribution is 2.36.